The van der Waals surface area contributed by atoms with Crippen molar-refractivity contribution in [1.82, 2.24) is 0 Å². The number of carbonyl (C=O) groups excluding carboxylic acids is 1. The number of allylic oxidation sites excluding steroid dienone is 1. The molecule has 1 aromatic carbocycles. The Morgan fingerprint density at radius 3 is 2.87 bits per heavy atom. The van der Waals surface area contributed by atoms with E-state index in [4.69, 9.17) is 16.3 Å². The molecule has 0 aliphatic carbocycles. The van der Waals surface area contributed by atoms with E-state index in [0.717, 1.165) is 5.57 Å². The van der Waals surface area contributed by atoms with Crippen LogP contribution in [0.15, 0.2) is 36.4 Å². The molecule has 0 saturated heterocycles. The summed E-state index contributed by atoms with van der Waals surface area (Å²) in [7, 11) is 0. The van der Waals surface area contributed by atoms with Gasteiger partial charge in [-0.1, -0.05) is 29.8 Å². The molecule has 1 rings (SSSR count). The van der Waals surface area contributed by atoms with Gasteiger partial charge in [-0.25, -0.2) is 0 Å². The summed E-state index contributed by atoms with van der Waals surface area (Å²) in [6, 6.07) is 6.97. The van der Waals surface area contributed by atoms with Crippen LogP contribution in [0.4, 0.5) is 0 Å². The molecule has 2 nitrogen and oxygen atoms in total. The van der Waals surface area contributed by atoms with E-state index >= 15 is 0 Å². The zero-order chi connectivity index (χ0) is 11.3. The van der Waals surface area contributed by atoms with Crippen LogP contribution >= 0.6 is 11.6 Å². The molecule has 0 radical (unpaired) electrons. The first-order chi connectivity index (χ1) is 7.08. The number of carbonyl (C=O) groups is 1. The average molecular weight is 225 g/mol. The van der Waals surface area contributed by atoms with Crippen LogP contribution in [0.3, 0.4) is 0 Å². The van der Waals surface area contributed by atoms with Gasteiger partial charge in [0.2, 0.25) is 0 Å². The van der Waals surface area contributed by atoms with Crippen molar-refractivity contribution >= 4 is 17.4 Å². The van der Waals surface area contributed by atoms with Crippen LogP contribution in [0.5, 0.6) is 5.75 Å². The second-order valence-electron chi connectivity index (χ2n) is 3.42. The highest BCUT2D eigenvalue weighted by atomic mass is 35.5. The minimum absolute atomic E-state index is 0.0162. The number of ether oxygens (including phenoxy) is 1. The Morgan fingerprint density at radius 2 is 2.27 bits per heavy atom. The lowest BCUT2D eigenvalue weighted by Crippen LogP contribution is -2.11. The fourth-order valence-corrected chi connectivity index (χ4v) is 1.29. The van der Waals surface area contributed by atoms with E-state index in [2.05, 4.69) is 6.58 Å². The lowest BCUT2D eigenvalue weighted by molar-refractivity contribution is -0.120. The van der Waals surface area contributed by atoms with Crippen LogP contribution in [-0.4, -0.2) is 12.4 Å². The number of halogens is 1. The Hall–Kier alpha value is -1.28. The molecule has 0 N–H and O–H groups in total. The first-order valence-corrected chi connectivity index (χ1v) is 5.00. The van der Waals surface area contributed by atoms with E-state index in [9.17, 15) is 4.79 Å². The largest absolute Gasteiger partial charge is 0.486 e. The highest BCUT2D eigenvalue weighted by Gasteiger charge is 2.03. The molecule has 0 amide bonds. The maximum atomic E-state index is 11.3. The summed E-state index contributed by atoms with van der Waals surface area (Å²) in [6.45, 7) is 5.55. The predicted molar refractivity (Wildman–Crippen MR) is 61.4 cm³/mol. The van der Waals surface area contributed by atoms with Crippen LogP contribution in [-0.2, 0) is 4.79 Å². The van der Waals surface area contributed by atoms with Gasteiger partial charge in [-0.3, -0.25) is 4.79 Å². The molecule has 0 saturated carbocycles. The van der Waals surface area contributed by atoms with Gasteiger partial charge in [0.05, 0.1) is 0 Å². The van der Waals surface area contributed by atoms with Crippen LogP contribution in [0, 0.1) is 0 Å². The van der Waals surface area contributed by atoms with Crippen LogP contribution in [0.1, 0.15) is 13.3 Å². The minimum Gasteiger partial charge on any atom is -0.486 e. The lowest BCUT2D eigenvalue weighted by Gasteiger charge is -2.05. The quantitative estimate of drug-likeness (QED) is 0.718. The second kappa shape index (κ2) is 5.56. The number of benzene rings is 1. The number of ketones is 1. The Labute approximate surface area is 94.5 Å². The van der Waals surface area contributed by atoms with Gasteiger partial charge in [-0.2, -0.15) is 0 Å². The maximum absolute atomic E-state index is 11.3. The molecule has 3 heteroatoms. The smallest absolute Gasteiger partial charge is 0.174 e. The summed E-state index contributed by atoms with van der Waals surface area (Å²) >= 11 is 5.77. The van der Waals surface area contributed by atoms with E-state index in [1.807, 2.05) is 6.92 Å². The molecule has 0 aromatic heterocycles. The fourth-order valence-electron chi connectivity index (χ4n) is 1.11. The average Bonchev–Trinajstić information content (AvgIpc) is 2.14. The highest BCUT2D eigenvalue weighted by molar-refractivity contribution is 6.30. The molecule has 0 atom stereocenters. The van der Waals surface area contributed by atoms with Gasteiger partial charge < -0.3 is 4.74 Å². The molecule has 0 bridgehead atoms. The topological polar surface area (TPSA) is 26.3 Å². The van der Waals surface area contributed by atoms with E-state index in [1.165, 1.54) is 0 Å². The third-order valence-corrected chi connectivity index (χ3v) is 1.93. The Kier molecular flexibility index (Phi) is 4.37. The molecule has 0 unspecified atom stereocenters. The number of rotatable bonds is 5. The van der Waals surface area contributed by atoms with Crippen LogP contribution in [0.2, 0.25) is 5.02 Å². The first-order valence-electron chi connectivity index (χ1n) is 4.62. The van der Waals surface area contributed by atoms with Gasteiger partial charge in [0.1, 0.15) is 12.4 Å². The summed E-state index contributed by atoms with van der Waals surface area (Å²) in [5.74, 6) is 0.625. The molecular formula is C12H13ClO2. The third kappa shape index (κ3) is 4.66. The van der Waals surface area contributed by atoms with E-state index in [-0.39, 0.29) is 12.4 Å². The Morgan fingerprint density at radius 1 is 1.53 bits per heavy atom. The first kappa shape index (κ1) is 11.8. The van der Waals surface area contributed by atoms with Crippen molar-refractivity contribution < 1.29 is 9.53 Å². The molecule has 0 fully saturated rings. The SMILES string of the molecule is C=C(C)CC(=O)COc1cccc(Cl)c1. The van der Waals surface area contributed by atoms with Crippen molar-refractivity contribution in [3.63, 3.8) is 0 Å². The molecule has 0 aliphatic heterocycles. The summed E-state index contributed by atoms with van der Waals surface area (Å²) in [5, 5.41) is 0.597. The lowest BCUT2D eigenvalue weighted by atomic mass is 10.2. The van der Waals surface area contributed by atoms with Gasteiger partial charge in [-0.15, -0.1) is 0 Å². The van der Waals surface area contributed by atoms with E-state index in [1.54, 1.807) is 24.3 Å². The van der Waals surface area contributed by atoms with Crippen molar-refractivity contribution in [3.8, 4) is 5.75 Å². The van der Waals surface area contributed by atoms with Gasteiger partial charge in [0.25, 0.3) is 0 Å². The van der Waals surface area contributed by atoms with Crippen LogP contribution < -0.4 is 4.74 Å². The zero-order valence-corrected chi connectivity index (χ0v) is 9.38. The maximum Gasteiger partial charge on any atom is 0.174 e. The number of hydrogen-bond acceptors (Lipinski definition) is 2. The summed E-state index contributed by atoms with van der Waals surface area (Å²) in [5.41, 5.74) is 0.842. The van der Waals surface area contributed by atoms with Crippen molar-refractivity contribution in [2.45, 2.75) is 13.3 Å². The Balaban J connectivity index is 2.43. The highest BCUT2D eigenvalue weighted by Crippen LogP contribution is 2.17. The summed E-state index contributed by atoms with van der Waals surface area (Å²) < 4.78 is 5.27. The van der Waals surface area contributed by atoms with Gasteiger partial charge >= 0.3 is 0 Å². The summed E-state index contributed by atoms with van der Waals surface area (Å²) in [4.78, 5) is 11.3. The van der Waals surface area contributed by atoms with Crippen molar-refractivity contribution in [2.75, 3.05) is 6.61 Å². The summed E-state index contributed by atoms with van der Waals surface area (Å²) in [6.07, 6.45) is 0.362. The minimum atomic E-state index is 0.0162. The number of Topliss-reactive ketones (excluding diaryl/α,β-unsaturated/α-hetero) is 1. The van der Waals surface area contributed by atoms with Gasteiger partial charge in [0, 0.05) is 11.4 Å². The second-order valence-corrected chi connectivity index (χ2v) is 3.86. The molecule has 0 heterocycles. The molecule has 0 aliphatic rings. The van der Waals surface area contributed by atoms with Crippen LogP contribution in [0.25, 0.3) is 0 Å². The monoisotopic (exact) mass is 224 g/mol. The zero-order valence-electron chi connectivity index (χ0n) is 8.63. The van der Waals surface area contributed by atoms with Gasteiger partial charge in [-0.05, 0) is 25.1 Å². The molecule has 15 heavy (non-hydrogen) atoms. The Bertz CT molecular complexity index is 372. The predicted octanol–water partition coefficient (Wildman–Crippen LogP) is 3.25. The van der Waals surface area contributed by atoms with Crippen molar-refractivity contribution in [3.05, 3.63) is 41.4 Å². The van der Waals surface area contributed by atoms with Crippen molar-refractivity contribution in [2.24, 2.45) is 0 Å². The number of hydrogen-bond donors (Lipinski definition) is 0. The molecule has 80 valence electrons. The standard InChI is InChI=1S/C12H13ClO2/c1-9(2)6-11(14)8-15-12-5-3-4-10(13)7-12/h3-5,7H,1,6,8H2,2H3. The fraction of sp³-hybridized carbons (Fsp3) is 0.250. The van der Waals surface area contributed by atoms with E-state index < -0.39 is 0 Å². The third-order valence-electron chi connectivity index (χ3n) is 1.69. The molecule has 0 spiro atoms. The molecular weight excluding hydrogens is 212 g/mol. The normalized spacial score (nSPS) is 9.73. The van der Waals surface area contributed by atoms with E-state index in [0.29, 0.717) is 17.2 Å². The van der Waals surface area contributed by atoms with Crippen molar-refractivity contribution in [1.29, 1.82) is 0 Å². The molecule has 1 aromatic rings. The van der Waals surface area contributed by atoms with Gasteiger partial charge in [0.15, 0.2) is 5.78 Å².